The molecule has 0 radical (unpaired) electrons. The summed E-state index contributed by atoms with van der Waals surface area (Å²) in [5.41, 5.74) is 2.30. The number of rotatable bonds is 4. The minimum Gasteiger partial charge on any atom is -0.280 e. The first kappa shape index (κ1) is 19.4. The number of sulfonamides is 1. The van der Waals surface area contributed by atoms with Crippen LogP contribution in [0.15, 0.2) is 58.4 Å². The van der Waals surface area contributed by atoms with Gasteiger partial charge in [-0.1, -0.05) is 29.3 Å². The van der Waals surface area contributed by atoms with Crippen molar-refractivity contribution in [2.24, 2.45) is 0 Å². The molecule has 0 aliphatic heterocycles. The van der Waals surface area contributed by atoms with Crippen LogP contribution in [0.4, 0.5) is 5.69 Å². The van der Waals surface area contributed by atoms with E-state index >= 15 is 0 Å². The van der Waals surface area contributed by atoms with Crippen LogP contribution >= 0.6 is 23.2 Å². The van der Waals surface area contributed by atoms with Gasteiger partial charge in [0, 0.05) is 5.69 Å². The van der Waals surface area contributed by atoms with Gasteiger partial charge < -0.3 is 0 Å². The molecule has 0 fully saturated rings. The highest BCUT2D eigenvalue weighted by atomic mass is 35.5. The summed E-state index contributed by atoms with van der Waals surface area (Å²) >= 11 is 11.6. The number of benzene rings is 2. The predicted molar refractivity (Wildman–Crippen MR) is 107 cm³/mol. The zero-order valence-corrected chi connectivity index (χ0v) is 16.7. The Hall–Kier alpha value is -2.35. The SMILES string of the molecule is Cc1ccc(NS(=O)(=O)c2ccc(-n3ncc(Cl)c(Cl)c3=O)cc2)cc1C. The normalized spacial score (nSPS) is 11.4. The largest absolute Gasteiger partial charge is 0.291 e. The van der Waals surface area contributed by atoms with Gasteiger partial charge in [0.2, 0.25) is 0 Å². The van der Waals surface area contributed by atoms with Gasteiger partial charge in [0.1, 0.15) is 5.02 Å². The molecule has 3 rings (SSSR count). The Balaban J connectivity index is 1.91. The number of anilines is 1. The Kier molecular flexibility index (Phi) is 5.28. The summed E-state index contributed by atoms with van der Waals surface area (Å²) in [7, 11) is -3.77. The molecule has 0 atom stereocenters. The molecule has 0 aliphatic carbocycles. The summed E-state index contributed by atoms with van der Waals surface area (Å²) in [6.45, 7) is 3.86. The van der Waals surface area contributed by atoms with E-state index < -0.39 is 15.6 Å². The van der Waals surface area contributed by atoms with Gasteiger partial charge in [-0.2, -0.15) is 9.78 Å². The van der Waals surface area contributed by atoms with Crippen LogP contribution in [0.5, 0.6) is 0 Å². The van der Waals surface area contributed by atoms with Crippen molar-refractivity contribution in [3.63, 3.8) is 0 Å². The number of hydrogen-bond donors (Lipinski definition) is 1. The van der Waals surface area contributed by atoms with Crippen LogP contribution in [0.25, 0.3) is 5.69 Å². The van der Waals surface area contributed by atoms with Crippen LogP contribution < -0.4 is 10.3 Å². The van der Waals surface area contributed by atoms with E-state index in [1.54, 1.807) is 12.1 Å². The summed E-state index contributed by atoms with van der Waals surface area (Å²) in [5.74, 6) is 0. The van der Waals surface area contributed by atoms with E-state index in [-0.39, 0.29) is 14.9 Å². The molecule has 0 saturated heterocycles. The van der Waals surface area contributed by atoms with Crippen molar-refractivity contribution < 1.29 is 8.42 Å². The molecule has 0 aliphatic rings. The lowest BCUT2D eigenvalue weighted by Crippen LogP contribution is -2.21. The van der Waals surface area contributed by atoms with Crippen molar-refractivity contribution in [3.8, 4) is 5.69 Å². The second kappa shape index (κ2) is 7.34. The molecule has 0 bridgehead atoms. The van der Waals surface area contributed by atoms with Crippen molar-refractivity contribution in [1.29, 1.82) is 0 Å². The van der Waals surface area contributed by atoms with E-state index in [0.29, 0.717) is 11.4 Å². The molecule has 1 aromatic heterocycles. The molecule has 140 valence electrons. The Morgan fingerprint density at radius 2 is 1.67 bits per heavy atom. The maximum atomic E-state index is 12.6. The first-order valence-electron chi connectivity index (χ1n) is 7.83. The Bertz CT molecular complexity index is 1170. The van der Waals surface area contributed by atoms with E-state index in [4.69, 9.17) is 23.2 Å². The maximum absolute atomic E-state index is 12.6. The number of hydrogen-bond acceptors (Lipinski definition) is 4. The van der Waals surface area contributed by atoms with E-state index in [9.17, 15) is 13.2 Å². The van der Waals surface area contributed by atoms with Crippen molar-refractivity contribution in [2.45, 2.75) is 18.7 Å². The molecule has 9 heteroatoms. The number of halogens is 2. The number of nitrogens with zero attached hydrogens (tertiary/aromatic N) is 2. The lowest BCUT2D eigenvalue weighted by Gasteiger charge is -2.11. The maximum Gasteiger partial charge on any atom is 0.291 e. The lowest BCUT2D eigenvalue weighted by atomic mass is 10.1. The quantitative estimate of drug-likeness (QED) is 0.688. The zero-order valence-electron chi connectivity index (χ0n) is 14.4. The molecule has 27 heavy (non-hydrogen) atoms. The molecule has 1 heterocycles. The number of aryl methyl sites for hydroxylation is 2. The molecule has 0 amide bonds. The van der Waals surface area contributed by atoms with Gasteiger partial charge in [0.25, 0.3) is 15.6 Å². The van der Waals surface area contributed by atoms with Gasteiger partial charge in [0.05, 0.1) is 21.8 Å². The third kappa shape index (κ3) is 4.00. The topological polar surface area (TPSA) is 81.1 Å². The lowest BCUT2D eigenvalue weighted by molar-refractivity contribution is 0.601. The molecule has 6 nitrogen and oxygen atoms in total. The molecule has 0 spiro atoms. The predicted octanol–water partition coefficient (Wildman–Crippen LogP) is 3.96. The highest BCUT2D eigenvalue weighted by molar-refractivity contribution is 7.92. The van der Waals surface area contributed by atoms with Crippen LogP contribution in [0.1, 0.15) is 11.1 Å². The third-order valence-electron chi connectivity index (χ3n) is 4.03. The van der Waals surface area contributed by atoms with E-state index in [0.717, 1.165) is 15.8 Å². The highest BCUT2D eigenvalue weighted by Crippen LogP contribution is 2.20. The average Bonchev–Trinajstić information content (AvgIpc) is 2.63. The van der Waals surface area contributed by atoms with Gasteiger partial charge >= 0.3 is 0 Å². The Morgan fingerprint density at radius 3 is 2.30 bits per heavy atom. The van der Waals surface area contributed by atoms with Crippen molar-refractivity contribution >= 4 is 38.9 Å². The second-order valence-electron chi connectivity index (χ2n) is 5.92. The molecule has 2 aromatic carbocycles. The molecule has 1 N–H and O–H groups in total. The first-order valence-corrected chi connectivity index (χ1v) is 10.1. The Labute approximate surface area is 166 Å². The fourth-order valence-corrected chi connectivity index (χ4v) is 3.68. The molecule has 0 saturated carbocycles. The second-order valence-corrected chi connectivity index (χ2v) is 8.39. The fraction of sp³-hybridized carbons (Fsp3) is 0.111. The van der Waals surface area contributed by atoms with Gasteiger partial charge in [-0.15, -0.1) is 0 Å². The van der Waals surface area contributed by atoms with Crippen LogP contribution in [0.3, 0.4) is 0 Å². The minimum atomic E-state index is -3.77. The minimum absolute atomic E-state index is 0.0507. The number of nitrogens with one attached hydrogen (secondary N) is 1. The van der Waals surface area contributed by atoms with E-state index in [1.807, 2.05) is 19.9 Å². The van der Waals surface area contributed by atoms with E-state index in [1.165, 1.54) is 30.5 Å². The van der Waals surface area contributed by atoms with E-state index in [2.05, 4.69) is 9.82 Å². The molecular weight excluding hydrogens is 409 g/mol. The Morgan fingerprint density at radius 1 is 1.00 bits per heavy atom. The van der Waals surface area contributed by atoms with Crippen molar-refractivity contribution in [2.75, 3.05) is 4.72 Å². The van der Waals surface area contributed by atoms with Gasteiger partial charge in [-0.3, -0.25) is 9.52 Å². The number of aromatic nitrogens is 2. The molecule has 3 aromatic rings. The molecule has 0 unspecified atom stereocenters. The first-order chi connectivity index (χ1) is 12.7. The van der Waals surface area contributed by atoms with Crippen molar-refractivity contribution in [1.82, 2.24) is 9.78 Å². The summed E-state index contributed by atoms with van der Waals surface area (Å²) in [6.07, 6.45) is 1.25. The standard InChI is InChI=1S/C18H15Cl2N3O3S/c1-11-3-4-13(9-12(11)2)22-27(25,26)15-7-5-14(6-8-15)23-18(24)17(20)16(19)10-21-23/h3-10,22H,1-2H3. The van der Waals surface area contributed by atoms with Crippen LogP contribution in [0, 0.1) is 13.8 Å². The smallest absolute Gasteiger partial charge is 0.280 e. The van der Waals surface area contributed by atoms with Crippen LogP contribution in [0.2, 0.25) is 10.0 Å². The zero-order chi connectivity index (χ0) is 19.8. The summed E-state index contributed by atoms with van der Waals surface area (Å²) in [5, 5.41) is 3.81. The van der Waals surface area contributed by atoms with Gasteiger partial charge in [-0.25, -0.2) is 8.42 Å². The molecular formula is C18H15Cl2N3O3S. The fourth-order valence-electron chi connectivity index (χ4n) is 2.38. The summed E-state index contributed by atoms with van der Waals surface area (Å²) in [4.78, 5) is 12.2. The monoisotopic (exact) mass is 423 g/mol. The summed E-state index contributed by atoms with van der Waals surface area (Å²) < 4.78 is 28.7. The van der Waals surface area contributed by atoms with Gasteiger partial charge in [-0.05, 0) is 61.4 Å². The third-order valence-corrected chi connectivity index (χ3v) is 6.17. The summed E-state index contributed by atoms with van der Waals surface area (Å²) in [6, 6.07) is 11.0. The van der Waals surface area contributed by atoms with Crippen LogP contribution in [-0.4, -0.2) is 18.2 Å². The highest BCUT2D eigenvalue weighted by Gasteiger charge is 2.15. The van der Waals surface area contributed by atoms with Crippen molar-refractivity contribution in [3.05, 3.63) is 80.2 Å². The average molecular weight is 424 g/mol. The van der Waals surface area contributed by atoms with Gasteiger partial charge in [0.15, 0.2) is 0 Å². The van der Waals surface area contributed by atoms with Crippen LogP contribution in [-0.2, 0) is 10.0 Å².